The van der Waals surface area contributed by atoms with Gasteiger partial charge in [-0.25, -0.2) is 0 Å². The quantitative estimate of drug-likeness (QED) is 0.704. The average Bonchev–Trinajstić information content (AvgIpc) is 2.11. The molecule has 0 aromatic carbocycles. The maximum Gasteiger partial charge on any atom is 0.0442 e. The van der Waals surface area contributed by atoms with Crippen LogP contribution in [0.2, 0.25) is 0 Å². The molecule has 1 rings (SSSR count). The zero-order valence-corrected chi connectivity index (χ0v) is 11.8. The molecule has 4 heteroatoms. The van der Waals surface area contributed by atoms with Gasteiger partial charge in [0.05, 0.1) is 0 Å². The second-order valence-electron chi connectivity index (χ2n) is 2.64. The highest BCUT2D eigenvalue weighted by Gasteiger charge is 2.02. The normalized spacial score (nSPS) is 11.8. The maximum atomic E-state index is 4.04. The van der Waals surface area contributed by atoms with Gasteiger partial charge in [-0.2, -0.15) is 0 Å². The van der Waals surface area contributed by atoms with Gasteiger partial charge in [-0.3, -0.25) is 4.98 Å². The summed E-state index contributed by atoms with van der Waals surface area (Å²) in [5.74, 6) is 0. The van der Waals surface area contributed by atoms with Gasteiger partial charge in [0.2, 0.25) is 0 Å². The molecule has 0 amide bonds. The summed E-state index contributed by atoms with van der Waals surface area (Å²) in [7, 11) is 0. The molecule has 0 saturated heterocycles. The first-order valence-electron chi connectivity index (χ1n) is 3.67. The Balaban J connectivity index is 3.14. The van der Waals surface area contributed by atoms with Crippen LogP contribution in [0.4, 0.5) is 0 Å². The molecule has 0 aliphatic carbocycles. The van der Waals surface area contributed by atoms with Crippen LogP contribution >= 0.6 is 47.8 Å². The maximum absolute atomic E-state index is 4.04. The predicted octanol–water partition coefficient (Wildman–Crippen LogP) is 4.40. The first-order chi connectivity index (χ1) is 6.15. The topological polar surface area (TPSA) is 12.9 Å². The van der Waals surface area contributed by atoms with Crippen molar-refractivity contribution in [1.82, 2.24) is 4.98 Å². The van der Waals surface area contributed by atoms with Crippen molar-refractivity contribution in [3.8, 4) is 0 Å². The van der Waals surface area contributed by atoms with E-state index in [4.69, 9.17) is 0 Å². The summed E-state index contributed by atoms with van der Waals surface area (Å²) in [4.78, 5) is 4.04. The standard InChI is InChI=1S/C9H8Br3N/c1-6(3-10)2-7-8(11)4-13-5-9(7)12/h2,4-5H,3H2,1H3/b6-2+. The zero-order valence-electron chi connectivity index (χ0n) is 7.02. The third-order valence-corrected chi connectivity index (χ3v) is 3.64. The Morgan fingerprint density at radius 2 is 1.92 bits per heavy atom. The number of aromatic nitrogens is 1. The van der Waals surface area contributed by atoms with E-state index in [0.717, 1.165) is 19.8 Å². The highest BCUT2D eigenvalue weighted by molar-refractivity contribution is 9.11. The van der Waals surface area contributed by atoms with Crippen molar-refractivity contribution in [1.29, 1.82) is 0 Å². The molecule has 70 valence electrons. The largest absolute Gasteiger partial charge is 0.262 e. The molecule has 0 N–H and O–H groups in total. The van der Waals surface area contributed by atoms with Crippen molar-refractivity contribution in [2.75, 3.05) is 5.33 Å². The molecule has 1 nitrogen and oxygen atoms in total. The smallest absolute Gasteiger partial charge is 0.0442 e. The molecule has 0 atom stereocenters. The molecule has 1 heterocycles. The minimum atomic E-state index is 0.883. The molecule has 0 spiro atoms. The number of pyridine rings is 1. The van der Waals surface area contributed by atoms with Gasteiger partial charge in [-0.05, 0) is 38.8 Å². The van der Waals surface area contributed by atoms with Crippen LogP contribution < -0.4 is 0 Å². The number of rotatable bonds is 2. The van der Waals surface area contributed by atoms with Gasteiger partial charge in [0, 0.05) is 32.2 Å². The molecule has 0 aliphatic rings. The SMILES string of the molecule is C/C(=C\c1c(Br)cncc1Br)CBr. The average molecular weight is 370 g/mol. The van der Waals surface area contributed by atoms with Gasteiger partial charge < -0.3 is 0 Å². The van der Waals surface area contributed by atoms with Crippen molar-refractivity contribution >= 4 is 53.9 Å². The third kappa shape index (κ3) is 3.18. The second-order valence-corrected chi connectivity index (χ2v) is 4.91. The second kappa shape index (κ2) is 5.27. The predicted molar refractivity (Wildman–Crippen MR) is 67.1 cm³/mol. The first-order valence-corrected chi connectivity index (χ1v) is 6.38. The first kappa shape index (κ1) is 11.4. The highest BCUT2D eigenvalue weighted by Crippen LogP contribution is 2.26. The third-order valence-electron chi connectivity index (χ3n) is 1.49. The molecule has 0 unspecified atom stereocenters. The Morgan fingerprint density at radius 1 is 1.38 bits per heavy atom. The molecule has 0 saturated carbocycles. The summed E-state index contributed by atoms with van der Waals surface area (Å²) in [6, 6.07) is 0. The summed E-state index contributed by atoms with van der Waals surface area (Å²) >= 11 is 10.3. The van der Waals surface area contributed by atoms with Crippen LogP contribution in [0.15, 0.2) is 26.9 Å². The van der Waals surface area contributed by atoms with Crippen LogP contribution in [-0.4, -0.2) is 10.3 Å². The molecule has 1 aromatic heterocycles. The lowest BCUT2D eigenvalue weighted by molar-refractivity contribution is 1.27. The lowest BCUT2D eigenvalue weighted by atomic mass is 10.2. The lowest BCUT2D eigenvalue weighted by Gasteiger charge is -2.02. The van der Waals surface area contributed by atoms with Crippen LogP contribution in [0.1, 0.15) is 12.5 Å². The van der Waals surface area contributed by atoms with E-state index in [1.807, 2.05) is 0 Å². The summed E-state index contributed by atoms with van der Waals surface area (Å²) in [6.45, 7) is 2.08. The highest BCUT2D eigenvalue weighted by atomic mass is 79.9. The van der Waals surface area contributed by atoms with Gasteiger partial charge in [0.25, 0.3) is 0 Å². The van der Waals surface area contributed by atoms with E-state index < -0.39 is 0 Å². The molecular formula is C9H8Br3N. The summed E-state index contributed by atoms with van der Waals surface area (Å²) in [6.07, 6.45) is 5.70. The lowest BCUT2D eigenvalue weighted by Crippen LogP contribution is -1.84. The minimum absolute atomic E-state index is 0.883. The molecule has 0 aliphatic heterocycles. The molecule has 0 fully saturated rings. The van der Waals surface area contributed by atoms with E-state index in [0.29, 0.717) is 0 Å². The number of halogens is 3. The van der Waals surface area contributed by atoms with Crippen molar-refractivity contribution in [2.24, 2.45) is 0 Å². The van der Waals surface area contributed by atoms with Crippen LogP contribution in [0.5, 0.6) is 0 Å². The molecule has 0 radical (unpaired) electrons. The van der Waals surface area contributed by atoms with Gasteiger partial charge in [-0.15, -0.1) is 0 Å². The van der Waals surface area contributed by atoms with Gasteiger partial charge >= 0.3 is 0 Å². The molecule has 13 heavy (non-hydrogen) atoms. The summed E-state index contributed by atoms with van der Waals surface area (Å²) in [5.41, 5.74) is 2.40. The fourth-order valence-electron chi connectivity index (χ4n) is 0.844. The van der Waals surface area contributed by atoms with Crippen LogP contribution in [0.25, 0.3) is 6.08 Å². The summed E-state index contributed by atoms with van der Waals surface area (Å²) < 4.78 is 2.00. The monoisotopic (exact) mass is 367 g/mol. The number of alkyl halides is 1. The van der Waals surface area contributed by atoms with Crippen LogP contribution in [0, 0.1) is 0 Å². The Morgan fingerprint density at radius 3 is 2.38 bits per heavy atom. The Hall–Kier alpha value is 0.330. The van der Waals surface area contributed by atoms with Crippen molar-refractivity contribution in [3.63, 3.8) is 0 Å². The Bertz CT molecular complexity index is 313. The Labute approximate surface area is 103 Å². The minimum Gasteiger partial charge on any atom is -0.262 e. The van der Waals surface area contributed by atoms with E-state index >= 15 is 0 Å². The number of hydrogen-bond donors (Lipinski definition) is 0. The van der Waals surface area contributed by atoms with E-state index in [1.54, 1.807) is 12.4 Å². The van der Waals surface area contributed by atoms with Crippen molar-refractivity contribution < 1.29 is 0 Å². The number of hydrogen-bond acceptors (Lipinski definition) is 1. The van der Waals surface area contributed by atoms with Crippen molar-refractivity contribution in [3.05, 3.63) is 32.5 Å². The van der Waals surface area contributed by atoms with Crippen molar-refractivity contribution in [2.45, 2.75) is 6.92 Å². The summed E-state index contributed by atoms with van der Waals surface area (Å²) in [5, 5.41) is 0.883. The van der Waals surface area contributed by atoms with E-state index in [1.165, 1.54) is 5.57 Å². The van der Waals surface area contributed by atoms with Gasteiger partial charge in [0.15, 0.2) is 0 Å². The van der Waals surface area contributed by atoms with Crippen LogP contribution in [0.3, 0.4) is 0 Å². The van der Waals surface area contributed by atoms with E-state index in [-0.39, 0.29) is 0 Å². The number of nitrogens with zero attached hydrogens (tertiary/aromatic N) is 1. The zero-order chi connectivity index (χ0) is 9.84. The van der Waals surface area contributed by atoms with Crippen LogP contribution in [-0.2, 0) is 0 Å². The van der Waals surface area contributed by atoms with E-state index in [9.17, 15) is 0 Å². The van der Waals surface area contributed by atoms with Gasteiger partial charge in [-0.1, -0.05) is 27.6 Å². The van der Waals surface area contributed by atoms with Gasteiger partial charge in [0.1, 0.15) is 0 Å². The molecule has 1 aromatic rings. The fourth-order valence-corrected chi connectivity index (χ4v) is 2.16. The molecule has 0 bridgehead atoms. The fraction of sp³-hybridized carbons (Fsp3) is 0.222. The van der Waals surface area contributed by atoms with E-state index in [2.05, 4.69) is 65.8 Å². The number of allylic oxidation sites excluding steroid dienone is 1. The molecular weight excluding hydrogens is 362 g/mol. The Kier molecular flexibility index (Phi) is 4.62.